The van der Waals surface area contributed by atoms with Crippen molar-refractivity contribution in [1.82, 2.24) is 19.9 Å². The maximum Gasteiger partial charge on any atom is 0.315 e. The van der Waals surface area contributed by atoms with E-state index in [-0.39, 0.29) is 6.03 Å². The molecule has 1 aliphatic heterocycles. The number of nitrogens with zero attached hydrogens (tertiary/aromatic N) is 2. The summed E-state index contributed by atoms with van der Waals surface area (Å²) >= 11 is 4.79. The van der Waals surface area contributed by atoms with Gasteiger partial charge in [0.15, 0.2) is 0 Å². The van der Waals surface area contributed by atoms with Gasteiger partial charge in [-0.2, -0.15) is 4.37 Å². The van der Waals surface area contributed by atoms with E-state index < -0.39 is 0 Å². The number of nitrogens with one attached hydrogen (secondary N) is 2. The Morgan fingerprint density at radius 3 is 2.89 bits per heavy atom. The van der Waals surface area contributed by atoms with Gasteiger partial charge in [-0.1, -0.05) is 6.92 Å². The number of likely N-dealkylation sites (tertiary alicyclic amines) is 1. The number of hydrogen-bond donors (Lipinski definition) is 2. The number of carbonyl (C=O) groups is 1. The number of carbonyl (C=O) groups excluding carboxylic acids is 1. The molecule has 1 aliphatic rings. The van der Waals surface area contributed by atoms with Gasteiger partial charge in [0.2, 0.25) is 0 Å². The summed E-state index contributed by atoms with van der Waals surface area (Å²) in [6.07, 6.45) is 3.82. The maximum atomic E-state index is 11.8. The Morgan fingerprint density at radius 1 is 1.58 bits per heavy atom. The predicted octanol–water partition coefficient (Wildman–Crippen LogP) is 2.19. The van der Waals surface area contributed by atoms with Crippen molar-refractivity contribution in [3.8, 4) is 0 Å². The number of aromatic nitrogens is 1. The van der Waals surface area contributed by atoms with Crippen LogP contribution in [-0.4, -0.2) is 41.0 Å². The van der Waals surface area contributed by atoms with Crippen LogP contribution in [0, 0.1) is 0 Å². The monoisotopic (exact) mass is 346 g/mol. The van der Waals surface area contributed by atoms with Crippen LogP contribution in [0.3, 0.4) is 0 Å². The zero-order valence-electron chi connectivity index (χ0n) is 11.0. The van der Waals surface area contributed by atoms with Gasteiger partial charge in [-0.15, -0.1) is 0 Å². The Labute approximate surface area is 126 Å². The summed E-state index contributed by atoms with van der Waals surface area (Å²) in [5, 5.41) is 5.91. The van der Waals surface area contributed by atoms with Crippen LogP contribution < -0.4 is 10.6 Å². The first-order valence-corrected chi connectivity index (χ1v) is 8.11. The number of rotatable bonds is 4. The molecule has 106 valence electrons. The van der Waals surface area contributed by atoms with Crippen molar-refractivity contribution in [3.63, 3.8) is 0 Å². The number of piperidine rings is 1. The molecule has 0 spiro atoms. The molecule has 2 N–H and O–H groups in total. The van der Waals surface area contributed by atoms with Crippen LogP contribution in [0.15, 0.2) is 10.7 Å². The highest BCUT2D eigenvalue weighted by molar-refractivity contribution is 9.10. The molecule has 1 aromatic rings. The van der Waals surface area contributed by atoms with E-state index in [9.17, 15) is 4.79 Å². The molecule has 2 amide bonds. The van der Waals surface area contributed by atoms with Gasteiger partial charge < -0.3 is 15.5 Å². The van der Waals surface area contributed by atoms with Crippen LogP contribution in [-0.2, 0) is 6.54 Å². The summed E-state index contributed by atoms with van der Waals surface area (Å²) in [6, 6.07) is 0.211. The molecule has 0 aliphatic carbocycles. The Balaban J connectivity index is 1.69. The third-order valence-corrected chi connectivity index (χ3v) is 5.12. The van der Waals surface area contributed by atoms with Gasteiger partial charge in [0.25, 0.3) is 0 Å². The Bertz CT molecular complexity index is 418. The fourth-order valence-electron chi connectivity index (χ4n) is 2.16. The van der Waals surface area contributed by atoms with Crippen molar-refractivity contribution in [2.45, 2.75) is 32.4 Å². The average Bonchev–Trinajstić information content (AvgIpc) is 2.83. The molecule has 1 fully saturated rings. The Morgan fingerprint density at radius 2 is 2.32 bits per heavy atom. The Kier molecular flexibility index (Phi) is 5.59. The van der Waals surface area contributed by atoms with Crippen molar-refractivity contribution in [3.05, 3.63) is 15.5 Å². The quantitative estimate of drug-likeness (QED) is 0.878. The lowest BCUT2D eigenvalue weighted by atomic mass is 10.1. The Hall–Kier alpha value is -0.660. The molecule has 0 radical (unpaired) electrons. The smallest absolute Gasteiger partial charge is 0.315 e. The first-order chi connectivity index (χ1) is 9.19. The van der Waals surface area contributed by atoms with Crippen LogP contribution in [0.5, 0.6) is 0 Å². The van der Waals surface area contributed by atoms with Crippen LogP contribution >= 0.6 is 27.5 Å². The topological polar surface area (TPSA) is 57.3 Å². The van der Waals surface area contributed by atoms with Gasteiger partial charge in [-0.05, 0) is 46.8 Å². The first-order valence-electron chi connectivity index (χ1n) is 6.54. The highest BCUT2D eigenvalue weighted by Gasteiger charge is 2.19. The van der Waals surface area contributed by atoms with E-state index in [2.05, 4.69) is 42.8 Å². The van der Waals surface area contributed by atoms with Crippen LogP contribution in [0.4, 0.5) is 4.79 Å². The van der Waals surface area contributed by atoms with Gasteiger partial charge in [-0.3, -0.25) is 0 Å². The number of amides is 2. The van der Waals surface area contributed by atoms with Crippen LogP contribution in [0.2, 0.25) is 0 Å². The second-order valence-electron chi connectivity index (χ2n) is 4.63. The van der Waals surface area contributed by atoms with E-state index in [1.807, 2.05) is 0 Å². The van der Waals surface area contributed by atoms with Gasteiger partial charge in [0.05, 0.1) is 22.1 Å². The van der Waals surface area contributed by atoms with E-state index in [1.165, 1.54) is 11.5 Å². The fraction of sp³-hybridized carbons (Fsp3) is 0.667. The minimum Gasteiger partial charge on any atom is -0.335 e. The van der Waals surface area contributed by atoms with Crippen molar-refractivity contribution >= 4 is 33.5 Å². The predicted molar refractivity (Wildman–Crippen MR) is 80.3 cm³/mol. The molecule has 0 atom stereocenters. The third-order valence-electron chi connectivity index (χ3n) is 3.37. The van der Waals surface area contributed by atoms with Crippen molar-refractivity contribution in [2.24, 2.45) is 0 Å². The summed E-state index contributed by atoms with van der Waals surface area (Å²) in [6.45, 7) is 5.93. The van der Waals surface area contributed by atoms with Crippen molar-refractivity contribution < 1.29 is 4.79 Å². The molecule has 0 unspecified atom stereocenters. The molecule has 0 bridgehead atoms. The molecule has 2 rings (SSSR count). The van der Waals surface area contributed by atoms with E-state index in [0.29, 0.717) is 12.6 Å². The molecule has 1 saturated heterocycles. The average molecular weight is 347 g/mol. The van der Waals surface area contributed by atoms with Crippen LogP contribution in [0.1, 0.15) is 24.6 Å². The lowest BCUT2D eigenvalue weighted by Crippen LogP contribution is -2.47. The van der Waals surface area contributed by atoms with Gasteiger partial charge in [0, 0.05) is 19.1 Å². The standard InChI is InChI=1S/C12H19BrN4OS/c1-2-17-5-3-9(4-6-17)16-12(18)14-8-11-10(13)7-15-19-11/h7,9H,2-6,8H2,1H3,(H2,14,16,18). The lowest BCUT2D eigenvalue weighted by Gasteiger charge is -2.31. The van der Waals surface area contributed by atoms with Gasteiger partial charge >= 0.3 is 6.03 Å². The zero-order chi connectivity index (χ0) is 13.7. The molecular weight excluding hydrogens is 328 g/mol. The molecule has 1 aromatic heterocycles. The van der Waals surface area contributed by atoms with Gasteiger partial charge in [-0.25, -0.2) is 4.79 Å². The number of halogens is 1. The SMILES string of the molecule is CCN1CCC(NC(=O)NCc2sncc2Br)CC1. The van der Waals surface area contributed by atoms with E-state index >= 15 is 0 Å². The minimum atomic E-state index is -0.0877. The zero-order valence-corrected chi connectivity index (χ0v) is 13.4. The van der Waals surface area contributed by atoms with Crippen molar-refractivity contribution in [2.75, 3.05) is 19.6 Å². The van der Waals surface area contributed by atoms with Crippen molar-refractivity contribution in [1.29, 1.82) is 0 Å². The normalized spacial score (nSPS) is 17.4. The van der Waals surface area contributed by atoms with E-state index in [0.717, 1.165) is 41.8 Å². The highest BCUT2D eigenvalue weighted by Crippen LogP contribution is 2.19. The first kappa shape index (κ1) is 14.7. The minimum absolute atomic E-state index is 0.0877. The largest absolute Gasteiger partial charge is 0.335 e. The summed E-state index contributed by atoms with van der Waals surface area (Å²) in [4.78, 5) is 15.2. The molecular formula is C12H19BrN4OS. The molecule has 19 heavy (non-hydrogen) atoms. The van der Waals surface area contributed by atoms with E-state index in [4.69, 9.17) is 0 Å². The summed E-state index contributed by atoms with van der Waals surface area (Å²) < 4.78 is 5.00. The third kappa shape index (κ3) is 4.43. The molecule has 7 heteroatoms. The summed E-state index contributed by atoms with van der Waals surface area (Å²) in [7, 11) is 0. The maximum absolute atomic E-state index is 11.8. The second kappa shape index (κ2) is 7.21. The second-order valence-corrected chi connectivity index (χ2v) is 6.37. The lowest BCUT2D eigenvalue weighted by molar-refractivity contribution is 0.198. The van der Waals surface area contributed by atoms with E-state index in [1.54, 1.807) is 6.20 Å². The molecule has 5 nitrogen and oxygen atoms in total. The van der Waals surface area contributed by atoms with Crippen LogP contribution in [0.25, 0.3) is 0 Å². The molecule has 0 aromatic carbocycles. The molecule has 0 saturated carbocycles. The highest BCUT2D eigenvalue weighted by atomic mass is 79.9. The fourth-order valence-corrected chi connectivity index (χ4v) is 3.32. The number of urea groups is 1. The van der Waals surface area contributed by atoms with Gasteiger partial charge in [0.1, 0.15) is 0 Å². The number of hydrogen-bond acceptors (Lipinski definition) is 4. The summed E-state index contributed by atoms with van der Waals surface area (Å²) in [5.41, 5.74) is 0. The molecule has 2 heterocycles. The summed E-state index contributed by atoms with van der Waals surface area (Å²) in [5.74, 6) is 0.